The van der Waals surface area contributed by atoms with Gasteiger partial charge in [-0.25, -0.2) is 0 Å². The molecule has 0 aliphatic carbocycles. The highest BCUT2D eigenvalue weighted by atomic mass is 16.3. The molecule has 1 aromatic rings. The van der Waals surface area contributed by atoms with Crippen molar-refractivity contribution in [1.29, 1.82) is 10.8 Å². The molecule has 8 N–H and O–H groups in total. The standard InChI is InChI=1S/C9H13N5O2/c10-8(11)14-9(12)13-4-5-2-1-3-6(15)7(5)16/h1-3,15-16H,4H2,(H6,10,11,12,13,14). The predicted molar refractivity (Wildman–Crippen MR) is 59.4 cm³/mol. The number of hydrogen-bond donors (Lipinski definition) is 7. The normalized spacial score (nSPS) is 9.50. The van der Waals surface area contributed by atoms with E-state index in [1.165, 1.54) is 6.07 Å². The number of hydrogen-bond acceptors (Lipinski definition) is 4. The van der Waals surface area contributed by atoms with Crippen LogP contribution in [0.3, 0.4) is 0 Å². The zero-order valence-electron chi connectivity index (χ0n) is 8.41. The SMILES string of the molecule is N=C(N)NC(=N)NCc1cccc(O)c1O. The molecule has 0 saturated heterocycles. The van der Waals surface area contributed by atoms with Crippen LogP contribution < -0.4 is 16.4 Å². The van der Waals surface area contributed by atoms with Gasteiger partial charge in [0.2, 0.25) is 0 Å². The van der Waals surface area contributed by atoms with Gasteiger partial charge in [-0.3, -0.25) is 16.1 Å². The molecule has 0 unspecified atom stereocenters. The lowest BCUT2D eigenvalue weighted by Gasteiger charge is -2.10. The van der Waals surface area contributed by atoms with Gasteiger partial charge in [0.05, 0.1) is 0 Å². The largest absolute Gasteiger partial charge is 0.504 e. The van der Waals surface area contributed by atoms with E-state index in [0.717, 1.165) is 0 Å². The Labute approximate surface area is 91.9 Å². The van der Waals surface area contributed by atoms with Crippen LogP contribution in [0, 0.1) is 10.8 Å². The number of benzene rings is 1. The first-order chi connectivity index (χ1) is 7.50. The lowest BCUT2D eigenvalue weighted by atomic mass is 10.2. The van der Waals surface area contributed by atoms with Gasteiger partial charge in [0.1, 0.15) is 0 Å². The van der Waals surface area contributed by atoms with Gasteiger partial charge < -0.3 is 21.3 Å². The number of nitrogens with one attached hydrogen (secondary N) is 4. The summed E-state index contributed by atoms with van der Waals surface area (Å²) in [5.74, 6) is -0.955. The molecule has 0 aromatic heterocycles. The zero-order valence-corrected chi connectivity index (χ0v) is 8.41. The fourth-order valence-electron chi connectivity index (χ4n) is 1.08. The van der Waals surface area contributed by atoms with Gasteiger partial charge in [-0.05, 0) is 6.07 Å². The van der Waals surface area contributed by atoms with Crippen molar-refractivity contribution in [3.05, 3.63) is 23.8 Å². The van der Waals surface area contributed by atoms with Crippen molar-refractivity contribution >= 4 is 11.9 Å². The number of guanidine groups is 2. The lowest BCUT2D eigenvalue weighted by molar-refractivity contribution is 0.399. The highest BCUT2D eigenvalue weighted by molar-refractivity contribution is 5.94. The molecule has 0 fully saturated rings. The van der Waals surface area contributed by atoms with Gasteiger partial charge >= 0.3 is 0 Å². The van der Waals surface area contributed by atoms with Crippen LogP contribution in [0.4, 0.5) is 0 Å². The first-order valence-corrected chi connectivity index (χ1v) is 4.44. The van der Waals surface area contributed by atoms with Crippen molar-refractivity contribution in [2.75, 3.05) is 0 Å². The molecule has 1 rings (SSSR count). The van der Waals surface area contributed by atoms with Crippen molar-refractivity contribution in [2.24, 2.45) is 5.73 Å². The van der Waals surface area contributed by atoms with Crippen LogP contribution in [-0.4, -0.2) is 22.1 Å². The highest BCUT2D eigenvalue weighted by Crippen LogP contribution is 2.27. The van der Waals surface area contributed by atoms with E-state index in [0.29, 0.717) is 5.56 Å². The third kappa shape index (κ3) is 3.05. The number of aromatic hydroxyl groups is 2. The number of phenolic OH excluding ortho intramolecular Hbond substituents is 2. The molecule has 0 radical (unpaired) electrons. The summed E-state index contributed by atoms with van der Waals surface area (Å²) in [6.07, 6.45) is 0. The van der Waals surface area contributed by atoms with Gasteiger partial charge in [-0.15, -0.1) is 0 Å². The maximum absolute atomic E-state index is 9.44. The maximum atomic E-state index is 9.44. The van der Waals surface area contributed by atoms with Gasteiger partial charge in [-0.1, -0.05) is 12.1 Å². The Bertz CT molecular complexity index is 418. The summed E-state index contributed by atoms with van der Waals surface area (Å²) in [5, 5.41) is 37.7. The fraction of sp³-hybridized carbons (Fsp3) is 0.111. The number of phenols is 2. The topological polar surface area (TPSA) is 138 Å². The molecule has 0 bridgehead atoms. The van der Waals surface area contributed by atoms with E-state index in [9.17, 15) is 10.2 Å². The molecule has 1 aromatic carbocycles. The number of para-hydroxylation sites is 1. The van der Waals surface area contributed by atoms with Crippen LogP contribution in [0.25, 0.3) is 0 Å². The molecular weight excluding hydrogens is 210 g/mol. The Morgan fingerprint density at radius 2 is 2.00 bits per heavy atom. The molecule has 0 amide bonds. The third-order valence-corrected chi connectivity index (χ3v) is 1.81. The second kappa shape index (κ2) is 4.87. The monoisotopic (exact) mass is 223 g/mol. The summed E-state index contributed by atoms with van der Waals surface area (Å²) < 4.78 is 0. The molecule has 7 heteroatoms. The summed E-state index contributed by atoms with van der Waals surface area (Å²) in [4.78, 5) is 0. The smallest absolute Gasteiger partial charge is 0.195 e. The fourth-order valence-corrected chi connectivity index (χ4v) is 1.08. The molecular formula is C9H13N5O2. The Balaban J connectivity index is 2.58. The minimum absolute atomic E-state index is 0.138. The summed E-state index contributed by atoms with van der Waals surface area (Å²) in [7, 11) is 0. The van der Waals surface area contributed by atoms with E-state index >= 15 is 0 Å². The van der Waals surface area contributed by atoms with E-state index in [1.807, 2.05) is 0 Å². The molecule has 0 spiro atoms. The average Bonchev–Trinajstić information content (AvgIpc) is 2.19. The van der Waals surface area contributed by atoms with Crippen molar-refractivity contribution in [3.8, 4) is 11.5 Å². The second-order valence-corrected chi connectivity index (χ2v) is 3.05. The predicted octanol–water partition coefficient (Wildman–Crippen LogP) is -0.395. The first kappa shape index (κ1) is 11.6. The molecule has 0 aliphatic heterocycles. The molecule has 0 atom stereocenters. The van der Waals surface area contributed by atoms with E-state index in [2.05, 4.69) is 10.6 Å². The van der Waals surface area contributed by atoms with E-state index < -0.39 is 0 Å². The molecule has 0 aliphatic rings. The Kier molecular flexibility index (Phi) is 3.54. The lowest BCUT2D eigenvalue weighted by Crippen LogP contribution is -2.42. The van der Waals surface area contributed by atoms with Gasteiger partial charge in [0.25, 0.3) is 0 Å². The summed E-state index contributed by atoms with van der Waals surface area (Å²) in [5.41, 5.74) is 5.46. The third-order valence-electron chi connectivity index (χ3n) is 1.81. The van der Waals surface area contributed by atoms with Gasteiger partial charge in [0, 0.05) is 12.1 Å². The second-order valence-electron chi connectivity index (χ2n) is 3.05. The van der Waals surface area contributed by atoms with Crippen LogP contribution in [0.5, 0.6) is 11.5 Å². The summed E-state index contributed by atoms with van der Waals surface area (Å²) >= 11 is 0. The Morgan fingerprint density at radius 3 is 2.62 bits per heavy atom. The van der Waals surface area contributed by atoms with Crippen LogP contribution in [0.1, 0.15) is 5.56 Å². The van der Waals surface area contributed by atoms with E-state index in [-0.39, 0.29) is 30.0 Å². The highest BCUT2D eigenvalue weighted by Gasteiger charge is 2.05. The van der Waals surface area contributed by atoms with E-state index in [1.54, 1.807) is 12.1 Å². The van der Waals surface area contributed by atoms with Gasteiger partial charge in [0.15, 0.2) is 23.4 Å². The van der Waals surface area contributed by atoms with Crippen LogP contribution >= 0.6 is 0 Å². The summed E-state index contributed by atoms with van der Waals surface area (Å²) in [6.45, 7) is 0.138. The number of nitrogens with two attached hydrogens (primary N) is 1. The molecule has 0 heterocycles. The van der Waals surface area contributed by atoms with Crippen molar-refractivity contribution in [2.45, 2.75) is 6.54 Å². The number of rotatable bonds is 2. The van der Waals surface area contributed by atoms with Crippen molar-refractivity contribution in [1.82, 2.24) is 10.6 Å². The van der Waals surface area contributed by atoms with Crippen LogP contribution in [-0.2, 0) is 6.54 Å². The van der Waals surface area contributed by atoms with Crippen LogP contribution in [0.15, 0.2) is 18.2 Å². The Hall–Kier alpha value is -2.44. The molecule has 0 saturated carbocycles. The first-order valence-electron chi connectivity index (χ1n) is 4.44. The summed E-state index contributed by atoms with van der Waals surface area (Å²) in [6, 6.07) is 4.54. The van der Waals surface area contributed by atoms with Crippen LogP contribution in [0.2, 0.25) is 0 Å². The van der Waals surface area contributed by atoms with Crippen molar-refractivity contribution < 1.29 is 10.2 Å². The maximum Gasteiger partial charge on any atom is 0.195 e. The van der Waals surface area contributed by atoms with Crippen molar-refractivity contribution in [3.63, 3.8) is 0 Å². The quantitative estimate of drug-likeness (QED) is 0.208. The molecule has 86 valence electrons. The minimum Gasteiger partial charge on any atom is -0.504 e. The minimum atomic E-state index is -0.349. The molecule has 7 nitrogen and oxygen atoms in total. The Morgan fingerprint density at radius 1 is 1.31 bits per heavy atom. The van der Waals surface area contributed by atoms with Gasteiger partial charge in [-0.2, -0.15) is 0 Å². The molecule has 16 heavy (non-hydrogen) atoms. The zero-order chi connectivity index (χ0) is 12.1. The van der Waals surface area contributed by atoms with E-state index in [4.69, 9.17) is 16.6 Å². The average molecular weight is 223 g/mol.